The molecule has 0 bridgehead atoms. The van der Waals surface area contributed by atoms with Crippen LogP contribution in [0.4, 0.5) is 5.69 Å². The van der Waals surface area contributed by atoms with Gasteiger partial charge >= 0.3 is 0 Å². The van der Waals surface area contributed by atoms with E-state index >= 15 is 0 Å². The van der Waals surface area contributed by atoms with Crippen LogP contribution in [-0.2, 0) is 4.79 Å². The molecule has 2 N–H and O–H groups in total. The van der Waals surface area contributed by atoms with Gasteiger partial charge in [-0.25, -0.2) is 0 Å². The number of carbonyl (C=O) groups is 1. The van der Waals surface area contributed by atoms with Gasteiger partial charge in [-0.1, -0.05) is 0 Å². The number of ether oxygens (including phenoxy) is 2. The Morgan fingerprint density at radius 1 is 1.29 bits per heavy atom. The van der Waals surface area contributed by atoms with Gasteiger partial charge in [-0.15, -0.1) is 12.4 Å². The van der Waals surface area contributed by atoms with Gasteiger partial charge in [0.2, 0.25) is 5.91 Å². The molecule has 1 aromatic carbocycles. The molecule has 5 nitrogen and oxygen atoms in total. The van der Waals surface area contributed by atoms with E-state index in [4.69, 9.17) is 9.47 Å². The molecule has 0 aliphatic carbocycles. The Labute approximate surface area is 107 Å². The minimum absolute atomic E-state index is 0. The second-order valence-electron chi connectivity index (χ2n) is 3.14. The van der Waals surface area contributed by atoms with Crippen molar-refractivity contribution in [3.05, 3.63) is 18.2 Å². The van der Waals surface area contributed by atoms with E-state index in [0.29, 0.717) is 17.2 Å². The highest BCUT2D eigenvalue weighted by Gasteiger charge is 2.07. The van der Waals surface area contributed by atoms with Gasteiger partial charge in [0.25, 0.3) is 0 Å². The molecule has 0 spiro atoms. The first-order valence-electron chi connectivity index (χ1n) is 4.87. The zero-order chi connectivity index (χ0) is 12.0. The predicted octanol–water partition coefficient (Wildman–Crippen LogP) is 1.28. The second-order valence-corrected chi connectivity index (χ2v) is 3.14. The van der Waals surface area contributed by atoms with E-state index in [1.807, 2.05) is 0 Å². The summed E-state index contributed by atoms with van der Waals surface area (Å²) >= 11 is 0. The van der Waals surface area contributed by atoms with Crippen LogP contribution in [0.2, 0.25) is 0 Å². The van der Waals surface area contributed by atoms with Crippen molar-refractivity contribution in [3.8, 4) is 11.5 Å². The average Bonchev–Trinajstić information content (AvgIpc) is 2.29. The van der Waals surface area contributed by atoms with E-state index in [-0.39, 0.29) is 24.9 Å². The molecular formula is C11H17ClN2O3. The van der Waals surface area contributed by atoms with Crippen molar-refractivity contribution in [2.75, 3.05) is 33.1 Å². The third-order valence-electron chi connectivity index (χ3n) is 2.02. The quantitative estimate of drug-likeness (QED) is 0.838. The highest BCUT2D eigenvalue weighted by atomic mass is 35.5. The minimum Gasteiger partial charge on any atom is -0.497 e. The van der Waals surface area contributed by atoms with Gasteiger partial charge in [0.15, 0.2) is 0 Å². The number of nitrogens with one attached hydrogen (secondary N) is 2. The number of amides is 1. The van der Waals surface area contributed by atoms with Crippen molar-refractivity contribution in [2.45, 2.75) is 0 Å². The summed E-state index contributed by atoms with van der Waals surface area (Å²) in [6.45, 7) is 0.250. The van der Waals surface area contributed by atoms with Crippen LogP contribution < -0.4 is 20.1 Å². The molecule has 0 aliphatic rings. The number of likely N-dealkylation sites (N-methyl/N-ethyl adjacent to an activating group) is 1. The van der Waals surface area contributed by atoms with Crippen LogP contribution >= 0.6 is 12.4 Å². The third kappa shape index (κ3) is 4.50. The normalized spacial score (nSPS) is 9.12. The van der Waals surface area contributed by atoms with Crippen molar-refractivity contribution < 1.29 is 14.3 Å². The Morgan fingerprint density at radius 2 is 2.00 bits per heavy atom. The summed E-state index contributed by atoms with van der Waals surface area (Å²) in [7, 11) is 4.83. The number of hydrogen-bond donors (Lipinski definition) is 2. The van der Waals surface area contributed by atoms with Crippen LogP contribution in [0.3, 0.4) is 0 Å². The van der Waals surface area contributed by atoms with Gasteiger partial charge < -0.3 is 20.1 Å². The first-order valence-corrected chi connectivity index (χ1v) is 4.87. The molecule has 0 aliphatic heterocycles. The standard InChI is InChI=1S/C11H16N2O3.ClH/c1-12-7-11(14)13-9-6-8(15-2)4-5-10(9)16-3;/h4-6,12H,7H2,1-3H3,(H,13,14);1H. The van der Waals surface area contributed by atoms with E-state index in [1.54, 1.807) is 39.5 Å². The lowest BCUT2D eigenvalue weighted by Gasteiger charge is -2.11. The molecule has 0 saturated heterocycles. The van der Waals surface area contributed by atoms with Crippen molar-refractivity contribution in [1.82, 2.24) is 5.32 Å². The molecule has 0 aromatic heterocycles. The van der Waals surface area contributed by atoms with Gasteiger partial charge in [0, 0.05) is 6.07 Å². The molecule has 1 aromatic rings. The number of rotatable bonds is 5. The van der Waals surface area contributed by atoms with Gasteiger partial charge in [-0.3, -0.25) is 4.79 Å². The smallest absolute Gasteiger partial charge is 0.238 e. The van der Waals surface area contributed by atoms with Gasteiger partial charge in [-0.05, 0) is 19.2 Å². The van der Waals surface area contributed by atoms with Gasteiger partial charge in [0.1, 0.15) is 11.5 Å². The molecule has 6 heteroatoms. The number of hydrogen-bond acceptors (Lipinski definition) is 4. The van der Waals surface area contributed by atoms with Crippen LogP contribution in [0.5, 0.6) is 11.5 Å². The van der Waals surface area contributed by atoms with Crippen molar-refractivity contribution in [1.29, 1.82) is 0 Å². The van der Waals surface area contributed by atoms with Crippen molar-refractivity contribution >= 4 is 24.0 Å². The summed E-state index contributed by atoms with van der Waals surface area (Å²) in [5, 5.41) is 5.50. The number of benzene rings is 1. The Kier molecular flexibility index (Phi) is 7.09. The fourth-order valence-corrected chi connectivity index (χ4v) is 1.27. The Morgan fingerprint density at radius 3 is 2.53 bits per heavy atom. The molecule has 0 radical (unpaired) electrons. The van der Waals surface area contributed by atoms with E-state index in [9.17, 15) is 4.79 Å². The average molecular weight is 261 g/mol. The van der Waals surface area contributed by atoms with E-state index in [1.165, 1.54) is 0 Å². The first-order chi connectivity index (χ1) is 7.71. The van der Waals surface area contributed by atoms with Crippen LogP contribution in [0, 0.1) is 0 Å². The molecule has 0 heterocycles. The predicted molar refractivity (Wildman–Crippen MR) is 69.4 cm³/mol. The maximum Gasteiger partial charge on any atom is 0.238 e. The number of halogens is 1. The Balaban J connectivity index is 0.00000256. The van der Waals surface area contributed by atoms with E-state index in [2.05, 4.69) is 10.6 Å². The first kappa shape index (κ1) is 15.5. The molecule has 96 valence electrons. The Hall–Kier alpha value is -1.46. The zero-order valence-corrected chi connectivity index (χ0v) is 10.9. The number of methoxy groups -OCH3 is 2. The summed E-state index contributed by atoms with van der Waals surface area (Å²) < 4.78 is 10.2. The van der Waals surface area contributed by atoms with Crippen molar-refractivity contribution in [2.24, 2.45) is 0 Å². The van der Waals surface area contributed by atoms with Crippen LogP contribution in [0.25, 0.3) is 0 Å². The molecular weight excluding hydrogens is 244 g/mol. The molecule has 1 amide bonds. The lowest BCUT2D eigenvalue weighted by atomic mass is 10.2. The van der Waals surface area contributed by atoms with E-state index < -0.39 is 0 Å². The second kappa shape index (κ2) is 7.76. The SMILES string of the molecule is CNCC(=O)Nc1cc(OC)ccc1OC.Cl. The fraction of sp³-hybridized carbons (Fsp3) is 0.364. The summed E-state index contributed by atoms with van der Waals surface area (Å²) in [4.78, 5) is 11.4. The highest BCUT2D eigenvalue weighted by molar-refractivity contribution is 5.93. The van der Waals surface area contributed by atoms with Crippen LogP contribution in [0.15, 0.2) is 18.2 Å². The molecule has 1 rings (SSSR count). The summed E-state index contributed by atoms with van der Waals surface area (Å²) in [5.41, 5.74) is 0.599. The zero-order valence-electron chi connectivity index (χ0n) is 10.1. The van der Waals surface area contributed by atoms with Crippen LogP contribution in [-0.4, -0.2) is 33.7 Å². The van der Waals surface area contributed by atoms with Gasteiger partial charge in [-0.2, -0.15) is 0 Å². The summed E-state index contributed by atoms with van der Waals surface area (Å²) in [6.07, 6.45) is 0. The maximum absolute atomic E-state index is 11.4. The summed E-state index contributed by atoms with van der Waals surface area (Å²) in [5.74, 6) is 1.14. The topological polar surface area (TPSA) is 59.6 Å². The fourth-order valence-electron chi connectivity index (χ4n) is 1.27. The lowest BCUT2D eigenvalue weighted by molar-refractivity contribution is -0.115. The Bertz CT molecular complexity index is 372. The highest BCUT2D eigenvalue weighted by Crippen LogP contribution is 2.28. The molecule has 0 unspecified atom stereocenters. The largest absolute Gasteiger partial charge is 0.497 e. The molecule has 0 saturated carbocycles. The lowest BCUT2D eigenvalue weighted by Crippen LogP contribution is -2.25. The monoisotopic (exact) mass is 260 g/mol. The van der Waals surface area contributed by atoms with Crippen LogP contribution in [0.1, 0.15) is 0 Å². The van der Waals surface area contributed by atoms with E-state index in [0.717, 1.165) is 0 Å². The number of anilines is 1. The summed E-state index contributed by atoms with van der Waals surface area (Å²) in [6, 6.07) is 5.23. The number of carbonyl (C=O) groups excluding carboxylic acids is 1. The minimum atomic E-state index is -0.131. The third-order valence-corrected chi connectivity index (χ3v) is 2.02. The molecule has 0 atom stereocenters. The molecule has 0 fully saturated rings. The maximum atomic E-state index is 11.4. The van der Waals surface area contributed by atoms with Gasteiger partial charge in [0.05, 0.1) is 26.5 Å². The molecule has 17 heavy (non-hydrogen) atoms. The van der Waals surface area contributed by atoms with Crippen molar-refractivity contribution in [3.63, 3.8) is 0 Å².